The van der Waals surface area contributed by atoms with Crippen LogP contribution in [0.2, 0.25) is 0 Å². The van der Waals surface area contributed by atoms with Crippen LogP contribution >= 0.6 is 0 Å². The number of carbonyl (C=O) groups is 2. The molecule has 17 heavy (non-hydrogen) atoms. The van der Waals surface area contributed by atoms with Crippen LogP contribution in [0.3, 0.4) is 0 Å². The van der Waals surface area contributed by atoms with Crippen molar-refractivity contribution in [3.8, 4) is 0 Å². The lowest BCUT2D eigenvalue weighted by Gasteiger charge is -2.09. The molecular formula is C10H15F2NO4. The van der Waals surface area contributed by atoms with Gasteiger partial charge in [-0.1, -0.05) is 0 Å². The Morgan fingerprint density at radius 3 is 2.88 bits per heavy atom. The first-order valence-electron chi connectivity index (χ1n) is 5.41. The molecule has 0 aromatic rings. The lowest BCUT2D eigenvalue weighted by Crippen LogP contribution is -2.29. The Bertz CT molecular complexity index is 296. The molecule has 5 nitrogen and oxygen atoms in total. The highest BCUT2D eigenvalue weighted by Gasteiger charge is 2.50. The zero-order valence-corrected chi connectivity index (χ0v) is 9.50. The van der Waals surface area contributed by atoms with E-state index in [4.69, 9.17) is 0 Å². The average Bonchev–Trinajstić information content (AvgIpc) is 2.48. The van der Waals surface area contributed by atoms with Gasteiger partial charge in [0.25, 0.3) is 0 Å². The smallest absolute Gasteiger partial charge is 0.377 e. The van der Waals surface area contributed by atoms with Crippen LogP contribution in [0, 0.1) is 0 Å². The molecule has 1 fully saturated rings. The molecule has 7 heteroatoms. The number of rotatable bonds is 6. The van der Waals surface area contributed by atoms with Crippen LogP contribution in [-0.4, -0.2) is 43.7 Å². The van der Waals surface area contributed by atoms with Gasteiger partial charge < -0.3 is 14.8 Å². The Hall–Kier alpha value is -1.24. The predicted octanol–water partition coefficient (Wildman–Crippen LogP) is 0.480. The van der Waals surface area contributed by atoms with Gasteiger partial charge in [-0.3, -0.25) is 4.79 Å². The molecule has 0 amide bonds. The number of carbonyl (C=O) groups excluding carboxylic acids is 2. The van der Waals surface area contributed by atoms with Gasteiger partial charge >= 0.3 is 17.9 Å². The number of nitrogens with one attached hydrogen (secondary N) is 1. The number of hydrogen-bond acceptors (Lipinski definition) is 5. The standard InChI is InChI=1S/C10H15F2NO4/c1-2-16-8(14)3-4-13-6-7-5-10(11,12)9(15)17-7/h7,13H,2-6H2,1H3. The molecule has 0 radical (unpaired) electrons. The number of cyclic esters (lactones) is 1. The van der Waals surface area contributed by atoms with Gasteiger partial charge in [0.1, 0.15) is 6.10 Å². The van der Waals surface area contributed by atoms with Crippen molar-refractivity contribution in [2.45, 2.75) is 31.8 Å². The number of esters is 2. The van der Waals surface area contributed by atoms with Crippen molar-refractivity contribution in [3.05, 3.63) is 0 Å². The molecule has 0 aliphatic carbocycles. The molecule has 1 unspecified atom stereocenters. The van der Waals surface area contributed by atoms with E-state index in [2.05, 4.69) is 14.8 Å². The van der Waals surface area contributed by atoms with E-state index >= 15 is 0 Å². The van der Waals surface area contributed by atoms with Gasteiger partial charge in [0, 0.05) is 13.1 Å². The van der Waals surface area contributed by atoms with Gasteiger partial charge in [-0.15, -0.1) is 0 Å². The molecule has 1 aliphatic heterocycles. The minimum Gasteiger partial charge on any atom is -0.466 e. The maximum atomic E-state index is 12.7. The van der Waals surface area contributed by atoms with Crippen LogP contribution < -0.4 is 5.32 Å². The Morgan fingerprint density at radius 2 is 2.35 bits per heavy atom. The summed E-state index contributed by atoms with van der Waals surface area (Å²) in [5.74, 6) is -5.21. The van der Waals surface area contributed by atoms with Crippen molar-refractivity contribution in [3.63, 3.8) is 0 Å². The quantitative estimate of drug-likeness (QED) is 0.549. The molecule has 1 rings (SSSR count). The van der Waals surface area contributed by atoms with Crippen LogP contribution in [0.1, 0.15) is 19.8 Å². The van der Waals surface area contributed by atoms with Crippen molar-refractivity contribution >= 4 is 11.9 Å². The zero-order chi connectivity index (χ0) is 12.9. The topological polar surface area (TPSA) is 64.6 Å². The predicted molar refractivity (Wildman–Crippen MR) is 53.6 cm³/mol. The number of ether oxygens (including phenoxy) is 2. The number of halogens is 2. The van der Waals surface area contributed by atoms with E-state index in [0.717, 1.165) is 0 Å². The molecule has 0 aromatic heterocycles. The Morgan fingerprint density at radius 1 is 1.65 bits per heavy atom. The summed E-state index contributed by atoms with van der Waals surface area (Å²) in [6.45, 7) is 2.43. The zero-order valence-electron chi connectivity index (χ0n) is 9.50. The fourth-order valence-corrected chi connectivity index (χ4v) is 1.45. The second-order valence-electron chi connectivity index (χ2n) is 3.70. The molecule has 1 saturated heterocycles. The lowest BCUT2D eigenvalue weighted by atomic mass is 10.2. The van der Waals surface area contributed by atoms with Crippen LogP contribution in [0.25, 0.3) is 0 Å². The van der Waals surface area contributed by atoms with E-state index in [-0.39, 0.29) is 18.9 Å². The van der Waals surface area contributed by atoms with Crippen molar-refractivity contribution in [1.29, 1.82) is 0 Å². The summed E-state index contributed by atoms with van der Waals surface area (Å²) in [4.78, 5) is 21.6. The first-order valence-corrected chi connectivity index (χ1v) is 5.41. The van der Waals surface area contributed by atoms with Crippen LogP contribution in [0.5, 0.6) is 0 Å². The summed E-state index contributed by atoms with van der Waals surface area (Å²) in [5, 5.41) is 2.76. The summed E-state index contributed by atoms with van der Waals surface area (Å²) in [6, 6.07) is 0. The summed E-state index contributed by atoms with van der Waals surface area (Å²) < 4.78 is 34.6. The SMILES string of the molecule is CCOC(=O)CCNCC1CC(F)(F)C(=O)O1. The molecule has 1 aliphatic rings. The monoisotopic (exact) mass is 251 g/mol. The van der Waals surface area contributed by atoms with E-state index in [9.17, 15) is 18.4 Å². The summed E-state index contributed by atoms with van der Waals surface area (Å²) >= 11 is 0. The van der Waals surface area contributed by atoms with Crippen molar-refractivity contribution in [1.82, 2.24) is 5.32 Å². The highest BCUT2D eigenvalue weighted by molar-refractivity contribution is 5.79. The molecule has 0 bridgehead atoms. The normalized spacial score (nSPS) is 22.3. The van der Waals surface area contributed by atoms with Gasteiger partial charge in [0.15, 0.2) is 0 Å². The van der Waals surface area contributed by atoms with Crippen LogP contribution in [0.15, 0.2) is 0 Å². The van der Waals surface area contributed by atoms with Crippen molar-refractivity contribution < 1.29 is 27.8 Å². The molecule has 0 aromatic carbocycles. The summed E-state index contributed by atoms with van der Waals surface area (Å²) in [6.07, 6.45) is -1.29. The van der Waals surface area contributed by atoms with E-state index in [1.54, 1.807) is 6.92 Å². The highest BCUT2D eigenvalue weighted by atomic mass is 19.3. The summed E-state index contributed by atoms with van der Waals surface area (Å²) in [5.41, 5.74) is 0. The molecule has 0 saturated carbocycles. The molecule has 98 valence electrons. The van der Waals surface area contributed by atoms with E-state index < -0.39 is 24.4 Å². The van der Waals surface area contributed by atoms with Crippen molar-refractivity contribution in [2.75, 3.05) is 19.7 Å². The van der Waals surface area contributed by atoms with E-state index in [1.165, 1.54) is 0 Å². The number of hydrogen-bond donors (Lipinski definition) is 1. The van der Waals surface area contributed by atoms with Crippen molar-refractivity contribution in [2.24, 2.45) is 0 Å². The fourth-order valence-electron chi connectivity index (χ4n) is 1.45. The second-order valence-corrected chi connectivity index (χ2v) is 3.70. The third-order valence-electron chi connectivity index (χ3n) is 2.24. The second kappa shape index (κ2) is 5.90. The van der Waals surface area contributed by atoms with E-state index in [0.29, 0.717) is 13.2 Å². The molecule has 0 spiro atoms. The van der Waals surface area contributed by atoms with Gasteiger partial charge in [-0.25, -0.2) is 4.79 Å². The maximum absolute atomic E-state index is 12.7. The minimum absolute atomic E-state index is 0.112. The highest BCUT2D eigenvalue weighted by Crippen LogP contribution is 2.30. The lowest BCUT2D eigenvalue weighted by molar-refractivity contribution is -0.159. The molecular weight excluding hydrogens is 236 g/mol. The first kappa shape index (κ1) is 13.8. The molecule has 1 atom stereocenters. The molecule has 1 heterocycles. The van der Waals surface area contributed by atoms with Crippen LogP contribution in [-0.2, 0) is 19.1 Å². The fraction of sp³-hybridized carbons (Fsp3) is 0.800. The first-order chi connectivity index (χ1) is 7.95. The third kappa shape index (κ3) is 4.26. The van der Waals surface area contributed by atoms with Crippen LogP contribution in [0.4, 0.5) is 8.78 Å². The van der Waals surface area contributed by atoms with Gasteiger partial charge in [0.2, 0.25) is 0 Å². The van der Waals surface area contributed by atoms with E-state index in [1.807, 2.05) is 0 Å². The largest absolute Gasteiger partial charge is 0.466 e. The Balaban J connectivity index is 2.13. The maximum Gasteiger partial charge on any atom is 0.377 e. The number of alkyl halides is 2. The Kier molecular flexibility index (Phi) is 4.80. The van der Waals surface area contributed by atoms with Gasteiger partial charge in [0.05, 0.1) is 19.4 Å². The summed E-state index contributed by atoms with van der Waals surface area (Å²) in [7, 11) is 0. The average molecular weight is 251 g/mol. The molecule has 1 N–H and O–H groups in total. The Labute approximate surface area is 97.4 Å². The van der Waals surface area contributed by atoms with Gasteiger partial charge in [-0.05, 0) is 6.92 Å². The van der Waals surface area contributed by atoms with Gasteiger partial charge in [-0.2, -0.15) is 8.78 Å². The third-order valence-corrected chi connectivity index (χ3v) is 2.24. The minimum atomic E-state index is -3.38.